The van der Waals surface area contributed by atoms with Gasteiger partial charge in [0.05, 0.1) is 13.7 Å². The molecule has 2 rings (SSSR count). The zero-order chi connectivity index (χ0) is 26.0. The largest absolute Gasteiger partial charge is 0.467 e. The summed E-state index contributed by atoms with van der Waals surface area (Å²) in [5.41, 5.74) is -0.0565. The summed E-state index contributed by atoms with van der Waals surface area (Å²) in [6.07, 6.45) is -0.270. The lowest BCUT2D eigenvalue weighted by Crippen LogP contribution is -2.58. The van der Waals surface area contributed by atoms with E-state index in [1.165, 1.54) is 12.0 Å². The molecule has 1 aromatic rings. The Hall–Kier alpha value is -3.63. The van der Waals surface area contributed by atoms with Gasteiger partial charge >= 0.3 is 18.2 Å². The second kappa shape index (κ2) is 12.7. The molecule has 1 heterocycles. The molecule has 1 saturated heterocycles. The molecule has 0 aromatic heterocycles. The first-order valence-electron chi connectivity index (χ1n) is 11.3. The summed E-state index contributed by atoms with van der Waals surface area (Å²) in [4.78, 5) is 62.9. The first kappa shape index (κ1) is 27.6. The van der Waals surface area contributed by atoms with E-state index < -0.39 is 47.8 Å². The van der Waals surface area contributed by atoms with Crippen LogP contribution >= 0.6 is 0 Å². The lowest BCUT2D eigenvalue weighted by Gasteiger charge is -2.32. The van der Waals surface area contributed by atoms with Crippen LogP contribution in [0.15, 0.2) is 30.3 Å². The van der Waals surface area contributed by atoms with E-state index in [9.17, 15) is 24.0 Å². The van der Waals surface area contributed by atoms with Crippen LogP contribution in [0.5, 0.6) is 0 Å². The number of likely N-dealkylation sites (tertiary alicyclic amines) is 1. The normalized spacial score (nSPS) is 18.2. The van der Waals surface area contributed by atoms with Crippen molar-refractivity contribution < 1.29 is 38.2 Å². The van der Waals surface area contributed by atoms with Gasteiger partial charge < -0.3 is 34.5 Å². The molecule has 1 fully saturated rings. The van der Waals surface area contributed by atoms with Gasteiger partial charge in [0.25, 0.3) is 0 Å². The van der Waals surface area contributed by atoms with Gasteiger partial charge in [-0.1, -0.05) is 30.3 Å². The highest BCUT2D eigenvalue weighted by Gasteiger charge is 2.44. The molecule has 0 radical (unpaired) electrons. The lowest BCUT2D eigenvalue weighted by molar-refractivity contribution is -0.153. The highest BCUT2D eigenvalue weighted by atomic mass is 16.6. The molecule has 11 nitrogen and oxygen atoms in total. The van der Waals surface area contributed by atoms with Crippen molar-refractivity contribution in [2.45, 2.75) is 70.4 Å². The first-order valence-corrected chi connectivity index (χ1v) is 11.3. The van der Waals surface area contributed by atoms with Gasteiger partial charge in [-0.2, -0.15) is 0 Å². The van der Waals surface area contributed by atoms with Crippen LogP contribution in [0.1, 0.15) is 45.6 Å². The van der Waals surface area contributed by atoms with Crippen LogP contribution in [0.25, 0.3) is 0 Å². The number of nitrogens with zero attached hydrogens (tertiary/aromatic N) is 1. The molecule has 3 atom stereocenters. The van der Waals surface area contributed by atoms with Crippen molar-refractivity contribution in [1.82, 2.24) is 15.5 Å². The predicted octanol–water partition coefficient (Wildman–Crippen LogP) is 1.93. The van der Waals surface area contributed by atoms with E-state index in [4.69, 9.17) is 14.2 Å². The van der Waals surface area contributed by atoms with Crippen molar-refractivity contribution in [2.24, 2.45) is 0 Å². The molecular formula is C24H33N3O8. The molecule has 0 aliphatic carbocycles. The maximum atomic E-state index is 13.5. The quantitative estimate of drug-likeness (QED) is 0.303. The Balaban J connectivity index is 2.15. The van der Waals surface area contributed by atoms with E-state index >= 15 is 0 Å². The molecule has 192 valence electrons. The van der Waals surface area contributed by atoms with Gasteiger partial charge in [0, 0.05) is 12.5 Å². The number of methoxy groups -OCH3 is 1. The number of hydrogen-bond donors (Lipinski definition) is 2. The second-order valence-electron chi connectivity index (χ2n) is 9.06. The minimum atomic E-state index is -1.28. The molecule has 2 N–H and O–H groups in total. The molecule has 11 heteroatoms. The van der Waals surface area contributed by atoms with Gasteiger partial charge in [0.2, 0.25) is 5.91 Å². The first-order chi connectivity index (χ1) is 16.6. The summed E-state index contributed by atoms with van der Waals surface area (Å²) in [7, 11) is 1.21. The number of carbonyl (C=O) groups excluding carboxylic acids is 5. The third kappa shape index (κ3) is 8.58. The number of nitrogens with one attached hydrogen (secondary N) is 2. The molecule has 1 aliphatic heterocycles. The number of hydrogen-bond acceptors (Lipinski definition) is 8. The van der Waals surface area contributed by atoms with Crippen molar-refractivity contribution in [1.29, 1.82) is 0 Å². The number of rotatable bonds is 9. The Labute approximate surface area is 204 Å². The van der Waals surface area contributed by atoms with Crippen molar-refractivity contribution in [2.75, 3.05) is 13.7 Å². The summed E-state index contributed by atoms with van der Waals surface area (Å²) in [5.74, 6) is -1.28. The van der Waals surface area contributed by atoms with Gasteiger partial charge in [-0.15, -0.1) is 0 Å². The van der Waals surface area contributed by atoms with Crippen LogP contribution in [-0.4, -0.2) is 72.6 Å². The van der Waals surface area contributed by atoms with Crippen LogP contribution in [0, 0.1) is 0 Å². The van der Waals surface area contributed by atoms with Gasteiger partial charge in [0.15, 0.2) is 0 Å². The second-order valence-corrected chi connectivity index (χ2v) is 9.06. The Morgan fingerprint density at radius 1 is 1.11 bits per heavy atom. The molecule has 3 amide bonds. The predicted molar refractivity (Wildman–Crippen MR) is 124 cm³/mol. The zero-order valence-electron chi connectivity index (χ0n) is 20.4. The maximum Gasteiger partial charge on any atom is 0.408 e. The number of carbonyl (C=O) groups is 5. The fraction of sp³-hybridized carbons (Fsp3) is 0.542. The number of benzene rings is 1. The van der Waals surface area contributed by atoms with Gasteiger partial charge in [0.1, 0.15) is 30.6 Å². The summed E-state index contributed by atoms with van der Waals surface area (Å²) in [6.45, 7) is 4.68. The third-order valence-corrected chi connectivity index (χ3v) is 5.25. The van der Waals surface area contributed by atoms with Crippen molar-refractivity contribution in [3.63, 3.8) is 0 Å². The number of esters is 1. The van der Waals surface area contributed by atoms with Gasteiger partial charge in [-0.25, -0.2) is 14.4 Å². The van der Waals surface area contributed by atoms with E-state index in [1.54, 1.807) is 45.0 Å². The monoisotopic (exact) mass is 491 g/mol. The van der Waals surface area contributed by atoms with E-state index in [0.29, 0.717) is 19.1 Å². The van der Waals surface area contributed by atoms with Crippen LogP contribution < -0.4 is 10.6 Å². The lowest BCUT2D eigenvalue weighted by atomic mass is 10.1. The molecule has 3 unspecified atom stereocenters. The number of alkyl carbamates (subject to hydrolysis) is 2. The van der Waals surface area contributed by atoms with Gasteiger partial charge in [-0.05, 0) is 39.2 Å². The highest BCUT2D eigenvalue weighted by molar-refractivity contribution is 5.91. The highest BCUT2D eigenvalue weighted by Crippen LogP contribution is 2.27. The SMILES string of the molecule is COC(=O)C1CCC(CC=O)N1C(=O)C(CNC(=O)OCc1ccccc1)NC(=O)OC(C)(C)C. The summed E-state index contributed by atoms with van der Waals surface area (Å²) >= 11 is 0. The Morgan fingerprint density at radius 2 is 1.80 bits per heavy atom. The Kier molecular flexibility index (Phi) is 10.0. The number of amides is 3. The van der Waals surface area contributed by atoms with Crippen LogP contribution in [0.3, 0.4) is 0 Å². The molecule has 1 aromatic carbocycles. The molecule has 0 bridgehead atoms. The molecule has 0 spiro atoms. The van der Waals surface area contributed by atoms with E-state index in [2.05, 4.69) is 10.6 Å². The van der Waals surface area contributed by atoms with Crippen LogP contribution in [-0.2, 0) is 35.2 Å². The van der Waals surface area contributed by atoms with E-state index in [-0.39, 0.29) is 19.6 Å². The van der Waals surface area contributed by atoms with Crippen molar-refractivity contribution in [3.8, 4) is 0 Å². The average molecular weight is 492 g/mol. The topological polar surface area (TPSA) is 140 Å². The molecule has 35 heavy (non-hydrogen) atoms. The summed E-state index contributed by atoms with van der Waals surface area (Å²) in [6, 6.07) is 6.28. The van der Waals surface area contributed by atoms with Crippen molar-refractivity contribution >= 4 is 30.3 Å². The summed E-state index contributed by atoms with van der Waals surface area (Å²) < 4.78 is 15.2. The van der Waals surface area contributed by atoms with Gasteiger partial charge in [-0.3, -0.25) is 4.79 Å². The zero-order valence-corrected chi connectivity index (χ0v) is 20.4. The smallest absolute Gasteiger partial charge is 0.408 e. The minimum absolute atomic E-state index is 0.0166. The van der Waals surface area contributed by atoms with Crippen LogP contribution in [0.2, 0.25) is 0 Å². The standard InChI is InChI=1S/C24H33N3O8/c1-24(2,3)35-23(32)26-18(14-25-22(31)34-15-16-8-6-5-7-9-16)20(29)27-17(12-13-28)10-11-19(27)21(30)33-4/h5-9,13,17-19H,10-12,14-15H2,1-4H3,(H,25,31)(H,26,32). The molecule has 0 saturated carbocycles. The number of aldehydes is 1. The number of ether oxygens (including phenoxy) is 3. The fourth-order valence-electron chi connectivity index (χ4n) is 3.72. The maximum absolute atomic E-state index is 13.5. The third-order valence-electron chi connectivity index (χ3n) is 5.25. The fourth-order valence-corrected chi connectivity index (χ4v) is 3.72. The minimum Gasteiger partial charge on any atom is -0.467 e. The van der Waals surface area contributed by atoms with E-state index in [1.807, 2.05) is 6.07 Å². The molecular weight excluding hydrogens is 458 g/mol. The Bertz CT molecular complexity index is 900. The average Bonchev–Trinajstić information content (AvgIpc) is 3.22. The van der Waals surface area contributed by atoms with E-state index in [0.717, 1.165) is 5.56 Å². The Morgan fingerprint density at radius 3 is 2.40 bits per heavy atom. The van der Waals surface area contributed by atoms with Crippen molar-refractivity contribution in [3.05, 3.63) is 35.9 Å². The summed E-state index contributed by atoms with van der Waals surface area (Å²) in [5, 5.41) is 4.92. The van der Waals surface area contributed by atoms with Crippen LogP contribution in [0.4, 0.5) is 9.59 Å². The molecule has 1 aliphatic rings.